The van der Waals surface area contributed by atoms with Crippen molar-refractivity contribution in [3.8, 4) is 0 Å². The van der Waals surface area contributed by atoms with Gasteiger partial charge in [0.05, 0.1) is 18.2 Å². The molecular formula is C20H23Br2NO5. The SMILES string of the molecule is CCCC1OC[C@H]2O[C@@H](Cc3ccc4cc(Br)cc(Br)c4n3)[C@H](O)[C@@H](O)[C@@H]2O1. The van der Waals surface area contributed by atoms with Crippen LogP contribution in [-0.2, 0) is 20.6 Å². The fourth-order valence-corrected chi connectivity index (χ4v) is 5.16. The molecule has 6 atom stereocenters. The first-order valence-electron chi connectivity index (χ1n) is 9.49. The molecule has 8 heteroatoms. The Balaban J connectivity index is 1.50. The van der Waals surface area contributed by atoms with Crippen LogP contribution in [0.2, 0.25) is 0 Å². The molecule has 0 radical (unpaired) electrons. The summed E-state index contributed by atoms with van der Waals surface area (Å²) in [6.07, 6.45) is -1.92. The number of halogens is 2. The Morgan fingerprint density at radius 3 is 2.75 bits per heavy atom. The lowest BCUT2D eigenvalue weighted by atomic mass is 9.92. The molecule has 0 spiro atoms. The summed E-state index contributed by atoms with van der Waals surface area (Å²) in [5.74, 6) is 0. The van der Waals surface area contributed by atoms with Crippen LogP contribution in [0.25, 0.3) is 10.9 Å². The second kappa shape index (κ2) is 8.63. The number of aliphatic hydroxyl groups excluding tert-OH is 2. The first-order valence-corrected chi connectivity index (χ1v) is 11.1. The normalized spacial score (nSPS) is 33.0. The van der Waals surface area contributed by atoms with Gasteiger partial charge < -0.3 is 24.4 Å². The summed E-state index contributed by atoms with van der Waals surface area (Å²) in [5.41, 5.74) is 1.63. The zero-order valence-corrected chi connectivity index (χ0v) is 18.6. The Hall–Kier alpha value is -0.610. The zero-order valence-electron chi connectivity index (χ0n) is 15.4. The van der Waals surface area contributed by atoms with Crippen LogP contribution in [0.3, 0.4) is 0 Å². The Morgan fingerprint density at radius 2 is 1.96 bits per heavy atom. The number of fused-ring (bicyclic) bond motifs is 2. The Labute approximate surface area is 180 Å². The smallest absolute Gasteiger partial charge is 0.158 e. The molecular weight excluding hydrogens is 494 g/mol. The largest absolute Gasteiger partial charge is 0.388 e. The summed E-state index contributed by atoms with van der Waals surface area (Å²) in [7, 11) is 0. The lowest BCUT2D eigenvalue weighted by molar-refractivity contribution is -0.325. The summed E-state index contributed by atoms with van der Waals surface area (Å²) in [4.78, 5) is 4.71. The van der Waals surface area contributed by atoms with E-state index in [0.717, 1.165) is 38.4 Å². The third kappa shape index (κ3) is 4.14. The van der Waals surface area contributed by atoms with Crippen LogP contribution in [0.1, 0.15) is 25.5 Å². The van der Waals surface area contributed by atoms with E-state index in [9.17, 15) is 10.2 Å². The van der Waals surface area contributed by atoms with Gasteiger partial charge in [-0.15, -0.1) is 0 Å². The molecule has 6 nitrogen and oxygen atoms in total. The maximum absolute atomic E-state index is 10.6. The Morgan fingerprint density at radius 1 is 1.14 bits per heavy atom. The van der Waals surface area contributed by atoms with Gasteiger partial charge in [0.2, 0.25) is 0 Å². The fraction of sp³-hybridized carbons (Fsp3) is 0.550. The molecule has 1 aromatic heterocycles. The number of nitrogens with zero attached hydrogens (tertiary/aromatic N) is 1. The lowest BCUT2D eigenvalue weighted by Gasteiger charge is -2.46. The first-order chi connectivity index (χ1) is 13.5. The van der Waals surface area contributed by atoms with Gasteiger partial charge in [0, 0.05) is 26.4 Å². The molecule has 1 aromatic carbocycles. The number of benzene rings is 1. The molecule has 4 rings (SSSR count). The summed E-state index contributed by atoms with van der Waals surface area (Å²) >= 11 is 7.03. The monoisotopic (exact) mass is 515 g/mol. The van der Waals surface area contributed by atoms with E-state index in [-0.39, 0.29) is 6.29 Å². The van der Waals surface area contributed by atoms with Gasteiger partial charge in [0.15, 0.2) is 6.29 Å². The van der Waals surface area contributed by atoms with Crippen LogP contribution in [0.4, 0.5) is 0 Å². The Kier molecular flexibility index (Phi) is 6.37. The molecule has 2 aromatic rings. The summed E-state index contributed by atoms with van der Waals surface area (Å²) in [6.45, 7) is 2.39. The van der Waals surface area contributed by atoms with Gasteiger partial charge in [0.1, 0.15) is 24.4 Å². The summed E-state index contributed by atoms with van der Waals surface area (Å²) in [6, 6.07) is 7.86. The van der Waals surface area contributed by atoms with Crippen LogP contribution in [-0.4, -0.2) is 58.6 Å². The van der Waals surface area contributed by atoms with Crippen molar-refractivity contribution in [2.24, 2.45) is 0 Å². The molecule has 28 heavy (non-hydrogen) atoms. The molecule has 0 saturated carbocycles. The van der Waals surface area contributed by atoms with Crippen LogP contribution in [0, 0.1) is 0 Å². The highest BCUT2D eigenvalue weighted by Gasteiger charge is 2.48. The molecule has 0 amide bonds. The maximum Gasteiger partial charge on any atom is 0.158 e. The predicted octanol–water partition coefficient (Wildman–Crippen LogP) is 3.33. The van der Waals surface area contributed by atoms with Crippen LogP contribution < -0.4 is 0 Å². The predicted molar refractivity (Wildman–Crippen MR) is 111 cm³/mol. The summed E-state index contributed by atoms with van der Waals surface area (Å²) < 4.78 is 19.4. The third-order valence-electron chi connectivity index (χ3n) is 5.24. The van der Waals surface area contributed by atoms with Gasteiger partial charge in [0.25, 0.3) is 0 Å². The highest BCUT2D eigenvalue weighted by Crippen LogP contribution is 2.32. The molecule has 1 unspecified atom stereocenters. The molecule has 2 aliphatic heterocycles. The maximum atomic E-state index is 10.6. The number of hydrogen-bond donors (Lipinski definition) is 2. The van der Waals surface area contributed by atoms with E-state index in [4.69, 9.17) is 19.2 Å². The van der Waals surface area contributed by atoms with Crippen molar-refractivity contribution >= 4 is 42.8 Å². The van der Waals surface area contributed by atoms with E-state index >= 15 is 0 Å². The molecule has 152 valence electrons. The van der Waals surface area contributed by atoms with Crippen LogP contribution in [0.15, 0.2) is 33.2 Å². The van der Waals surface area contributed by atoms with Crippen molar-refractivity contribution in [2.75, 3.05) is 6.61 Å². The van der Waals surface area contributed by atoms with E-state index in [2.05, 4.69) is 31.9 Å². The molecule has 0 aliphatic carbocycles. The second-order valence-corrected chi connectivity index (χ2v) is 9.08. The van der Waals surface area contributed by atoms with Gasteiger partial charge in [-0.3, -0.25) is 4.98 Å². The van der Waals surface area contributed by atoms with Gasteiger partial charge in [-0.2, -0.15) is 0 Å². The van der Waals surface area contributed by atoms with Crippen molar-refractivity contribution < 1.29 is 24.4 Å². The van der Waals surface area contributed by atoms with Crippen molar-refractivity contribution in [3.63, 3.8) is 0 Å². The molecule has 2 saturated heterocycles. The van der Waals surface area contributed by atoms with Gasteiger partial charge in [-0.05, 0) is 40.5 Å². The van der Waals surface area contributed by atoms with E-state index in [1.54, 1.807) is 0 Å². The van der Waals surface area contributed by atoms with Crippen molar-refractivity contribution in [1.29, 1.82) is 0 Å². The van der Waals surface area contributed by atoms with Crippen LogP contribution in [0.5, 0.6) is 0 Å². The van der Waals surface area contributed by atoms with Gasteiger partial charge in [-0.1, -0.05) is 35.3 Å². The van der Waals surface area contributed by atoms with Crippen molar-refractivity contribution in [2.45, 2.75) is 63.0 Å². The molecule has 0 bridgehead atoms. The molecule has 3 heterocycles. The minimum atomic E-state index is -1.05. The number of aliphatic hydroxyl groups is 2. The van der Waals surface area contributed by atoms with Gasteiger partial charge >= 0.3 is 0 Å². The number of rotatable bonds is 4. The van der Waals surface area contributed by atoms with Crippen LogP contribution >= 0.6 is 31.9 Å². The quantitative estimate of drug-likeness (QED) is 0.648. The second-order valence-electron chi connectivity index (χ2n) is 7.31. The molecule has 2 fully saturated rings. The van der Waals surface area contributed by atoms with Crippen molar-refractivity contribution in [1.82, 2.24) is 4.98 Å². The summed E-state index contributed by atoms with van der Waals surface area (Å²) in [5, 5.41) is 22.2. The molecule has 2 N–H and O–H groups in total. The number of aromatic nitrogens is 1. The average Bonchev–Trinajstić information content (AvgIpc) is 2.67. The van der Waals surface area contributed by atoms with Gasteiger partial charge in [-0.25, -0.2) is 0 Å². The standard InChI is InChI=1S/C20H23Br2NO5/c1-2-3-16-26-9-15-20(28-16)19(25)18(24)14(27-15)8-12-5-4-10-6-11(21)7-13(22)17(10)23-12/h4-7,14-16,18-20,24-25H,2-3,8-9H2,1H3/t14-,15+,16?,18-,19+,20+/m0/s1. The highest BCUT2D eigenvalue weighted by molar-refractivity contribution is 9.11. The van der Waals surface area contributed by atoms with Crippen molar-refractivity contribution in [3.05, 3.63) is 38.9 Å². The minimum Gasteiger partial charge on any atom is -0.388 e. The highest BCUT2D eigenvalue weighted by atomic mass is 79.9. The number of pyridine rings is 1. The van der Waals surface area contributed by atoms with E-state index in [1.807, 2.05) is 31.2 Å². The number of ether oxygens (including phenoxy) is 3. The van der Waals surface area contributed by atoms with E-state index in [1.165, 1.54) is 0 Å². The fourth-order valence-electron chi connectivity index (χ4n) is 3.81. The number of hydrogen-bond acceptors (Lipinski definition) is 6. The minimum absolute atomic E-state index is 0.348. The average molecular weight is 517 g/mol. The topological polar surface area (TPSA) is 81.0 Å². The molecule has 2 aliphatic rings. The lowest BCUT2D eigenvalue weighted by Crippen LogP contribution is -2.63. The van der Waals surface area contributed by atoms with E-state index < -0.39 is 30.5 Å². The Bertz CT molecular complexity index is 849. The zero-order chi connectivity index (χ0) is 19.8. The first kappa shape index (κ1) is 20.7. The van der Waals surface area contributed by atoms with E-state index in [0.29, 0.717) is 13.0 Å². The third-order valence-corrected chi connectivity index (χ3v) is 6.30.